The Labute approximate surface area is 228 Å². The van der Waals surface area contributed by atoms with E-state index < -0.39 is 21.8 Å². The summed E-state index contributed by atoms with van der Waals surface area (Å²) in [5, 5.41) is 3.99. The van der Waals surface area contributed by atoms with Crippen molar-refractivity contribution in [3.05, 3.63) is 41.7 Å². The largest absolute Gasteiger partial charge is 0.416 e. The molecule has 2 atom stereocenters. The third kappa shape index (κ3) is 7.44. The van der Waals surface area contributed by atoms with Crippen molar-refractivity contribution in [2.75, 3.05) is 49.1 Å². The zero-order valence-corrected chi connectivity index (χ0v) is 23.4. The molecule has 1 aromatic carbocycles. The van der Waals surface area contributed by atoms with Gasteiger partial charge in [-0.3, -0.25) is 9.62 Å². The molecule has 2 aliphatic rings. The van der Waals surface area contributed by atoms with E-state index in [-0.39, 0.29) is 35.8 Å². The molecular weight excluding hydrogens is 533 g/mol. The summed E-state index contributed by atoms with van der Waals surface area (Å²) in [6.45, 7) is 4.58. The van der Waals surface area contributed by atoms with Gasteiger partial charge in [-0.15, -0.1) is 0 Å². The summed E-state index contributed by atoms with van der Waals surface area (Å²) in [7, 11) is -1.62. The molecule has 1 N–H and O–H groups in total. The first-order valence-corrected chi connectivity index (χ1v) is 15.2. The third-order valence-corrected chi connectivity index (χ3v) is 8.25. The number of nitrogens with one attached hydrogen (secondary N) is 1. The molecule has 1 aromatic heterocycles. The zero-order chi connectivity index (χ0) is 28.4. The number of hydrogen-bond donors (Lipinski definition) is 1. The number of carbonyl (C=O) groups is 1. The van der Waals surface area contributed by atoms with Crippen LogP contribution in [-0.4, -0.2) is 79.6 Å². The van der Waals surface area contributed by atoms with Crippen molar-refractivity contribution in [1.82, 2.24) is 19.6 Å². The zero-order valence-electron chi connectivity index (χ0n) is 22.6. The monoisotopic (exact) mass is 570 g/mol. The van der Waals surface area contributed by atoms with Gasteiger partial charge in [0.1, 0.15) is 0 Å². The molecule has 9 nitrogen and oxygen atoms in total. The minimum atomic E-state index is -4.42. The SMILES string of the molecule is CCN(C[C@H]1CC[C@H](N(C)Cc2ccc(N3CCCC3)cc2C(F)(F)F)C1)C(=O)n1cc(NS(C)(=O)=O)cn1. The molecule has 1 aliphatic heterocycles. The number of sulfonamides is 1. The second-order valence-electron chi connectivity index (χ2n) is 10.7. The van der Waals surface area contributed by atoms with Crippen LogP contribution < -0.4 is 9.62 Å². The van der Waals surface area contributed by atoms with Crippen LogP contribution in [0.15, 0.2) is 30.6 Å². The molecule has 1 saturated carbocycles. The summed E-state index contributed by atoms with van der Waals surface area (Å²) >= 11 is 0. The number of rotatable bonds is 9. The second-order valence-corrected chi connectivity index (χ2v) is 12.4. The van der Waals surface area contributed by atoms with Crippen molar-refractivity contribution in [1.29, 1.82) is 0 Å². The molecule has 2 fully saturated rings. The maximum absolute atomic E-state index is 14.0. The van der Waals surface area contributed by atoms with E-state index in [1.54, 1.807) is 17.0 Å². The maximum atomic E-state index is 14.0. The first-order valence-electron chi connectivity index (χ1n) is 13.3. The minimum absolute atomic E-state index is 0.110. The van der Waals surface area contributed by atoms with Crippen molar-refractivity contribution >= 4 is 27.4 Å². The normalized spacial score (nSPS) is 20.1. The standard InChI is InChI=1S/C26H37F3N6O3S/c1-4-33(25(36)35-18-21(15-30-35)31-39(3,37)38)16-19-7-9-22(13-19)32(2)17-20-8-10-23(34-11-5-6-12-34)14-24(20)26(27,28)29/h8,10,14-15,18-19,22,31H,4-7,9,11-13,16-17H2,1-3H3/t19-,22-/m0/s1. The molecule has 39 heavy (non-hydrogen) atoms. The predicted octanol–water partition coefficient (Wildman–Crippen LogP) is 4.46. The summed E-state index contributed by atoms with van der Waals surface area (Å²) in [5.41, 5.74) is 0.544. The average molecular weight is 571 g/mol. The first-order chi connectivity index (χ1) is 18.3. The van der Waals surface area contributed by atoms with Crippen molar-refractivity contribution in [3.63, 3.8) is 0 Å². The van der Waals surface area contributed by atoms with Crippen LogP contribution in [0, 0.1) is 5.92 Å². The molecule has 13 heteroatoms. The summed E-state index contributed by atoms with van der Waals surface area (Å²) < 4.78 is 68.2. The number of alkyl halides is 3. The van der Waals surface area contributed by atoms with Crippen LogP contribution in [0.25, 0.3) is 0 Å². The van der Waals surface area contributed by atoms with Crippen LogP contribution in [0.5, 0.6) is 0 Å². The van der Waals surface area contributed by atoms with Gasteiger partial charge in [-0.1, -0.05) is 6.07 Å². The molecule has 2 heterocycles. The van der Waals surface area contributed by atoms with Crippen LogP contribution in [0.3, 0.4) is 0 Å². The van der Waals surface area contributed by atoms with Gasteiger partial charge in [-0.05, 0) is 69.7 Å². The lowest BCUT2D eigenvalue weighted by Gasteiger charge is -2.28. The molecule has 4 rings (SSSR count). The number of aromatic nitrogens is 2. The molecule has 0 radical (unpaired) electrons. The predicted molar refractivity (Wildman–Crippen MR) is 144 cm³/mol. The molecule has 0 spiro atoms. The highest BCUT2D eigenvalue weighted by molar-refractivity contribution is 7.92. The summed E-state index contributed by atoms with van der Waals surface area (Å²) in [6, 6.07) is 4.47. The Morgan fingerprint density at radius 1 is 1.21 bits per heavy atom. The molecule has 2 aromatic rings. The van der Waals surface area contributed by atoms with E-state index in [9.17, 15) is 26.4 Å². The molecule has 0 bridgehead atoms. The first kappa shape index (κ1) is 29.2. The van der Waals surface area contributed by atoms with Crippen LogP contribution in [0.2, 0.25) is 0 Å². The van der Waals surface area contributed by atoms with E-state index >= 15 is 0 Å². The molecule has 1 saturated heterocycles. The van der Waals surface area contributed by atoms with Crippen molar-refractivity contribution < 1.29 is 26.4 Å². The Balaban J connectivity index is 1.37. The Hall–Kier alpha value is -2.80. The van der Waals surface area contributed by atoms with E-state index in [0.717, 1.165) is 56.1 Å². The lowest BCUT2D eigenvalue weighted by atomic mass is 10.0. The van der Waals surface area contributed by atoms with Gasteiger partial charge in [0.25, 0.3) is 0 Å². The lowest BCUT2D eigenvalue weighted by molar-refractivity contribution is -0.138. The average Bonchev–Trinajstić information content (AvgIpc) is 3.63. The number of anilines is 2. The van der Waals surface area contributed by atoms with E-state index in [2.05, 4.69) is 9.82 Å². The van der Waals surface area contributed by atoms with Crippen LogP contribution in [0.4, 0.5) is 29.3 Å². The quantitative estimate of drug-likeness (QED) is 0.479. The number of carbonyl (C=O) groups excluding carboxylic acids is 1. The Morgan fingerprint density at radius 2 is 1.92 bits per heavy atom. The van der Waals surface area contributed by atoms with Crippen molar-refractivity contribution in [2.24, 2.45) is 5.92 Å². The smallest absolute Gasteiger partial charge is 0.372 e. The molecule has 1 amide bonds. The highest BCUT2D eigenvalue weighted by atomic mass is 32.2. The Bertz CT molecular complexity index is 1260. The number of halogens is 3. The van der Waals surface area contributed by atoms with Gasteiger partial charge in [-0.25, -0.2) is 13.2 Å². The highest BCUT2D eigenvalue weighted by Crippen LogP contribution is 2.37. The number of hydrogen-bond acceptors (Lipinski definition) is 6. The fraction of sp³-hybridized carbons (Fsp3) is 0.615. The fourth-order valence-corrected chi connectivity index (χ4v) is 6.18. The topological polar surface area (TPSA) is 90.8 Å². The molecule has 0 unspecified atom stereocenters. The van der Waals surface area contributed by atoms with Crippen LogP contribution in [0.1, 0.15) is 50.2 Å². The minimum Gasteiger partial charge on any atom is -0.372 e. The van der Waals surface area contributed by atoms with Gasteiger partial charge >= 0.3 is 12.2 Å². The van der Waals surface area contributed by atoms with E-state index in [1.807, 2.05) is 23.8 Å². The van der Waals surface area contributed by atoms with E-state index in [1.165, 1.54) is 18.5 Å². The molecular formula is C26H37F3N6O3S. The number of benzene rings is 1. The van der Waals surface area contributed by atoms with Gasteiger partial charge in [0, 0.05) is 44.5 Å². The third-order valence-electron chi connectivity index (χ3n) is 7.64. The summed E-state index contributed by atoms with van der Waals surface area (Å²) in [5.74, 6) is 0.199. The highest BCUT2D eigenvalue weighted by Gasteiger charge is 2.36. The van der Waals surface area contributed by atoms with Crippen molar-refractivity contribution in [2.45, 2.75) is 57.8 Å². The van der Waals surface area contributed by atoms with Crippen LogP contribution in [-0.2, 0) is 22.7 Å². The maximum Gasteiger partial charge on any atom is 0.416 e. The Morgan fingerprint density at radius 3 is 2.56 bits per heavy atom. The molecule has 1 aliphatic carbocycles. The lowest BCUT2D eigenvalue weighted by Crippen LogP contribution is -2.38. The van der Waals surface area contributed by atoms with Crippen LogP contribution >= 0.6 is 0 Å². The van der Waals surface area contributed by atoms with E-state index in [0.29, 0.717) is 18.8 Å². The summed E-state index contributed by atoms with van der Waals surface area (Å²) in [4.78, 5) is 18.6. The number of amides is 1. The number of nitrogens with zero attached hydrogens (tertiary/aromatic N) is 5. The molecule has 216 valence electrons. The van der Waals surface area contributed by atoms with Gasteiger partial charge in [0.05, 0.1) is 29.9 Å². The summed E-state index contributed by atoms with van der Waals surface area (Å²) in [6.07, 6.45) is 3.68. The van der Waals surface area contributed by atoms with Gasteiger partial charge in [-0.2, -0.15) is 23.0 Å². The second kappa shape index (κ2) is 11.7. The van der Waals surface area contributed by atoms with Gasteiger partial charge in [0.15, 0.2) is 0 Å². The van der Waals surface area contributed by atoms with Gasteiger partial charge < -0.3 is 9.80 Å². The van der Waals surface area contributed by atoms with Gasteiger partial charge in [0.2, 0.25) is 10.0 Å². The van der Waals surface area contributed by atoms with E-state index in [4.69, 9.17) is 0 Å². The fourth-order valence-electron chi connectivity index (χ4n) is 5.64. The Kier molecular flexibility index (Phi) is 8.79. The van der Waals surface area contributed by atoms with Crippen molar-refractivity contribution in [3.8, 4) is 0 Å².